The molecule has 0 aromatic heterocycles. The average molecular weight is 484 g/mol. The third-order valence-electron chi connectivity index (χ3n) is 7.27. The lowest BCUT2D eigenvalue weighted by atomic mass is 9.67. The molecule has 3 aromatic carbocycles. The van der Waals surface area contributed by atoms with Gasteiger partial charge in [-0.25, -0.2) is 9.69 Å². The zero-order valence-corrected chi connectivity index (χ0v) is 19.1. The maximum atomic E-state index is 14.3. The first-order valence-electron chi connectivity index (χ1n) is 11.3. The Bertz CT molecular complexity index is 1470. The molecule has 1 fully saturated rings. The van der Waals surface area contributed by atoms with E-state index >= 15 is 0 Å². The maximum absolute atomic E-state index is 14.3. The van der Waals surface area contributed by atoms with E-state index in [1.807, 2.05) is 29.2 Å². The molecule has 10 heteroatoms. The fourth-order valence-corrected chi connectivity index (χ4v) is 5.66. The lowest BCUT2D eigenvalue weighted by Crippen LogP contribution is -2.69. The number of imide groups is 2. The summed E-state index contributed by atoms with van der Waals surface area (Å²) in [7, 11) is 1.51. The summed E-state index contributed by atoms with van der Waals surface area (Å²) in [6, 6.07) is 16.9. The molecule has 4 amide bonds. The Morgan fingerprint density at radius 2 is 1.78 bits per heavy atom. The summed E-state index contributed by atoms with van der Waals surface area (Å²) < 4.78 is 5.18. The summed E-state index contributed by atoms with van der Waals surface area (Å²) in [4.78, 5) is 54.9. The lowest BCUT2D eigenvalue weighted by molar-refractivity contribution is -0.384. The van der Waals surface area contributed by atoms with Crippen molar-refractivity contribution in [1.29, 1.82) is 0 Å². The molecule has 3 aromatic rings. The molecule has 0 unspecified atom stereocenters. The largest absolute Gasteiger partial charge is 0.497 e. The van der Waals surface area contributed by atoms with Crippen LogP contribution in [0.25, 0.3) is 0 Å². The number of nitro benzene ring substituents is 1. The first kappa shape index (κ1) is 21.8. The number of ether oxygens (including phenoxy) is 1. The van der Waals surface area contributed by atoms with Crippen molar-refractivity contribution in [2.75, 3.05) is 16.9 Å². The summed E-state index contributed by atoms with van der Waals surface area (Å²) >= 11 is 0. The molecule has 1 spiro atoms. The second-order valence-electron chi connectivity index (χ2n) is 9.05. The van der Waals surface area contributed by atoms with Gasteiger partial charge >= 0.3 is 6.03 Å². The number of amides is 4. The van der Waals surface area contributed by atoms with Gasteiger partial charge in [-0.1, -0.05) is 24.3 Å². The molecule has 3 heterocycles. The van der Waals surface area contributed by atoms with Gasteiger partial charge in [-0.3, -0.25) is 25.0 Å². The fraction of sp³-hybridized carbons (Fsp3) is 0.192. The van der Waals surface area contributed by atoms with Gasteiger partial charge in [-0.15, -0.1) is 0 Å². The van der Waals surface area contributed by atoms with Crippen molar-refractivity contribution < 1.29 is 24.0 Å². The molecule has 1 N–H and O–H groups in total. The molecule has 1 saturated heterocycles. The predicted molar refractivity (Wildman–Crippen MR) is 129 cm³/mol. The van der Waals surface area contributed by atoms with Gasteiger partial charge in [-0.05, 0) is 47.0 Å². The first-order valence-corrected chi connectivity index (χ1v) is 11.3. The molecule has 3 aliphatic heterocycles. The van der Waals surface area contributed by atoms with Gasteiger partial charge in [0, 0.05) is 30.8 Å². The van der Waals surface area contributed by atoms with Crippen LogP contribution in [0.1, 0.15) is 22.7 Å². The topological polar surface area (TPSA) is 122 Å². The van der Waals surface area contributed by atoms with Crippen molar-refractivity contribution >= 4 is 34.9 Å². The van der Waals surface area contributed by atoms with Gasteiger partial charge in [0.15, 0.2) is 5.41 Å². The smallest absolute Gasteiger partial charge is 0.335 e. The number of hydrogen-bond acceptors (Lipinski definition) is 7. The zero-order valence-electron chi connectivity index (χ0n) is 19.1. The van der Waals surface area contributed by atoms with E-state index in [-0.39, 0.29) is 17.8 Å². The molecule has 180 valence electrons. The van der Waals surface area contributed by atoms with Crippen molar-refractivity contribution in [2.45, 2.75) is 19.0 Å². The third-order valence-corrected chi connectivity index (χ3v) is 7.27. The van der Waals surface area contributed by atoms with Crippen LogP contribution in [-0.4, -0.2) is 29.9 Å². The molecular weight excluding hydrogens is 464 g/mol. The average Bonchev–Trinajstić information content (AvgIpc) is 3.28. The highest BCUT2D eigenvalue weighted by molar-refractivity contribution is 6.30. The molecule has 0 saturated carbocycles. The van der Waals surface area contributed by atoms with E-state index in [9.17, 15) is 24.5 Å². The Kier molecular flexibility index (Phi) is 4.62. The summed E-state index contributed by atoms with van der Waals surface area (Å²) in [5, 5.41) is 13.9. The summed E-state index contributed by atoms with van der Waals surface area (Å²) in [5.74, 6) is -0.847. The molecule has 0 aliphatic carbocycles. The summed E-state index contributed by atoms with van der Waals surface area (Å²) in [5.41, 5.74) is 1.42. The number of nitro groups is 1. The minimum Gasteiger partial charge on any atom is -0.497 e. The number of hydrogen-bond donors (Lipinski definition) is 1. The second-order valence-corrected chi connectivity index (χ2v) is 9.05. The van der Waals surface area contributed by atoms with Crippen LogP contribution < -0.4 is 19.9 Å². The number of non-ortho nitro benzene ring substituents is 1. The summed E-state index contributed by atoms with van der Waals surface area (Å²) in [6.07, 6.45) is -0.0931. The van der Waals surface area contributed by atoms with Crippen LogP contribution in [0.5, 0.6) is 5.75 Å². The quantitative estimate of drug-likeness (QED) is 0.343. The minimum atomic E-state index is -1.72. The minimum absolute atomic E-state index is 0.0931. The normalized spacial score (nSPS) is 22.1. The number of nitrogens with one attached hydrogen (secondary N) is 1. The molecule has 6 rings (SSSR count). The number of rotatable bonds is 3. The molecule has 0 radical (unpaired) electrons. The molecule has 2 atom stereocenters. The Labute approximate surface area is 205 Å². The van der Waals surface area contributed by atoms with Crippen molar-refractivity contribution in [2.24, 2.45) is 5.41 Å². The highest BCUT2D eigenvalue weighted by Crippen LogP contribution is 2.56. The predicted octanol–water partition coefficient (Wildman–Crippen LogP) is 3.49. The number of barbiturate groups is 1. The van der Waals surface area contributed by atoms with Gasteiger partial charge in [0.1, 0.15) is 5.75 Å². The number of nitrogens with zero attached hydrogens (tertiary/aromatic N) is 3. The van der Waals surface area contributed by atoms with Gasteiger partial charge in [0.05, 0.1) is 23.8 Å². The van der Waals surface area contributed by atoms with Crippen molar-refractivity contribution in [3.8, 4) is 5.75 Å². The number of anilines is 2. The highest BCUT2D eigenvalue weighted by Gasteiger charge is 2.64. The van der Waals surface area contributed by atoms with Crippen molar-refractivity contribution in [3.05, 3.63) is 93.5 Å². The van der Waals surface area contributed by atoms with Crippen LogP contribution in [0.2, 0.25) is 0 Å². The lowest BCUT2D eigenvalue weighted by Gasteiger charge is -2.49. The molecule has 3 aliphatic rings. The maximum Gasteiger partial charge on any atom is 0.335 e. The van der Waals surface area contributed by atoms with E-state index in [4.69, 9.17) is 4.74 Å². The van der Waals surface area contributed by atoms with Crippen LogP contribution in [-0.2, 0) is 22.6 Å². The van der Waals surface area contributed by atoms with Crippen molar-refractivity contribution in [1.82, 2.24) is 5.32 Å². The van der Waals surface area contributed by atoms with E-state index in [1.54, 1.807) is 30.3 Å². The van der Waals surface area contributed by atoms with E-state index in [0.717, 1.165) is 21.7 Å². The highest BCUT2D eigenvalue weighted by atomic mass is 16.6. The second kappa shape index (κ2) is 7.64. The molecular formula is C26H20N4O6. The number of urea groups is 1. The zero-order chi connectivity index (χ0) is 25.2. The van der Waals surface area contributed by atoms with Crippen LogP contribution in [0.15, 0.2) is 66.7 Å². The Balaban J connectivity index is 1.56. The third kappa shape index (κ3) is 2.87. The number of methoxy groups -OCH3 is 1. The van der Waals surface area contributed by atoms with Crippen molar-refractivity contribution in [3.63, 3.8) is 0 Å². The van der Waals surface area contributed by atoms with Crippen LogP contribution in [0.4, 0.5) is 21.9 Å². The molecule has 0 bridgehead atoms. The SMILES string of the molecule is COc1ccc(N2C(=O)NC(=O)[C@]3(Cc4cc([N+](=O)[O-])ccc4N4Cc5ccccc5[C@H]43)C2=O)cc1. The van der Waals surface area contributed by atoms with E-state index in [1.165, 1.54) is 19.2 Å². The van der Waals surface area contributed by atoms with Crippen LogP contribution in [0, 0.1) is 15.5 Å². The van der Waals surface area contributed by atoms with Crippen LogP contribution >= 0.6 is 0 Å². The van der Waals surface area contributed by atoms with Gasteiger partial charge in [0.25, 0.3) is 11.6 Å². The Morgan fingerprint density at radius 3 is 2.50 bits per heavy atom. The Morgan fingerprint density at radius 1 is 1.03 bits per heavy atom. The number of carbonyl (C=O) groups is 3. The molecule has 10 nitrogen and oxygen atoms in total. The summed E-state index contributed by atoms with van der Waals surface area (Å²) in [6.45, 7) is 0.421. The van der Waals surface area contributed by atoms with Gasteiger partial charge < -0.3 is 9.64 Å². The van der Waals surface area contributed by atoms with E-state index in [0.29, 0.717) is 17.9 Å². The Hall–Kier alpha value is -4.73. The van der Waals surface area contributed by atoms with E-state index in [2.05, 4.69) is 5.32 Å². The monoisotopic (exact) mass is 484 g/mol. The first-order chi connectivity index (χ1) is 17.3. The van der Waals surface area contributed by atoms with Gasteiger partial charge in [0.2, 0.25) is 5.91 Å². The van der Waals surface area contributed by atoms with Crippen LogP contribution in [0.3, 0.4) is 0 Å². The number of benzene rings is 3. The van der Waals surface area contributed by atoms with E-state index < -0.39 is 34.2 Å². The fourth-order valence-electron chi connectivity index (χ4n) is 5.66. The standard InChI is InChI=1S/C26H20N4O6/c1-36-19-9-6-17(7-10-19)29-24(32)26(23(31)27-25(29)33)13-16-12-18(30(34)35)8-11-21(16)28-14-15-4-2-3-5-20(15)22(26)28/h2-12,22H,13-14H2,1H3,(H,27,31,33)/t22-,26+/m0/s1. The number of carbonyl (C=O) groups excluding carboxylic acids is 3. The van der Waals surface area contributed by atoms with Gasteiger partial charge in [-0.2, -0.15) is 0 Å². The number of fused-ring (bicyclic) bond motifs is 6. The molecule has 36 heavy (non-hydrogen) atoms.